The molecule has 40 heavy (non-hydrogen) atoms. The first-order valence-electron chi connectivity index (χ1n) is 14.0. The van der Waals surface area contributed by atoms with Gasteiger partial charge in [-0.15, -0.1) is 11.3 Å². The summed E-state index contributed by atoms with van der Waals surface area (Å²) in [5.41, 5.74) is 6.57. The number of thiophene rings is 1. The number of rotatable bonds is 8. The first-order valence-corrected chi connectivity index (χ1v) is 14.8. The number of anilines is 1. The highest BCUT2D eigenvalue weighted by Crippen LogP contribution is 2.39. The van der Waals surface area contributed by atoms with E-state index in [-0.39, 0.29) is 11.8 Å². The Labute approximate surface area is 239 Å². The highest BCUT2D eigenvalue weighted by Gasteiger charge is 2.34. The zero-order valence-corrected chi connectivity index (χ0v) is 24.0. The lowest BCUT2D eigenvalue weighted by Gasteiger charge is -2.28. The van der Waals surface area contributed by atoms with Crippen LogP contribution in [0.4, 0.5) is 5.69 Å². The van der Waals surface area contributed by atoms with Crippen LogP contribution in [-0.4, -0.2) is 16.8 Å². The molecule has 0 radical (unpaired) electrons. The number of carbonyl (C=O) groups is 2. The Bertz CT molecular complexity index is 1720. The summed E-state index contributed by atoms with van der Waals surface area (Å²) in [6, 6.07) is 23.9. The van der Waals surface area contributed by atoms with Crippen LogP contribution in [0.15, 0.2) is 79.0 Å². The first-order chi connectivity index (χ1) is 19.4. The van der Waals surface area contributed by atoms with Crippen molar-refractivity contribution in [3.05, 3.63) is 106 Å². The molecule has 6 rings (SSSR count). The van der Waals surface area contributed by atoms with Gasteiger partial charge in [0.1, 0.15) is 0 Å². The van der Waals surface area contributed by atoms with Crippen molar-refractivity contribution in [1.29, 1.82) is 0 Å². The largest absolute Gasteiger partial charge is 0.268 e. The molecule has 200 valence electrons. The molecule has 0 saturated heterocycles. The fourth-order valence-electron chi connectivity index (χ4n) is 5.76. The third kappa shape index (κ3) is 4.75. The maximum atomic E-state index is 13.7. The van der Waals surface area contributed by atoms with Crippen molar-refractivity contribution in [2.45, 2.75) is 52.9 Å². The molecule has 2 aromatic heterocycles. The maximum Gasteiger partial charge on any atom is 0.265 e. The minimum atomic E-state index is -0.294. The second-order valence-corrected chi connectivity index (χ2v) is 11.9. The van der Waals surface area contributed by atoms with Crippen molar-refractivity contribution in [3.8, 4) is 21.7 Å². The molecule has 1 aliphatic heterocycles. The maximum absolute atomic E-state index is 13.7. The summed E-state index contributed by atoms with van der Waals surface area (Å²) >= 11 is 1.85. The molecule has 0 spiro atoms. The van der Waals surface area contributed by atoms with Crippen molar-refractivity contribution < 1.29 is 9.59 Å². The zero-order chi connectivity index (χ0) is 27.8. The number of amides is 2. The Balaban J connectivity index is 1.37. The first kappa shape index (κ1) is 26.1. The number of pyridine rings is 1. The summed E-state index contributed by atoms with van der Waals surface area (Å²) in [7, 11) is 0. The van der Waals surface area contributed by atoms with Crippen molar-refractivity contribution in [2.24, 2.45) is 0 Å². The predicted octanol–water partition coefficient (Wildman–Crippen LogP) is 9.17. The van der Waals surface area contributed by atoms with E-state index in [4.69, 9.17) is 4.98 Å². The van der Waals surface area contributed by atoms with Crippen LogP contribution < -0.4 is 4.90 Å². The van der Waals surface area contributed by atoms with Gasteiger partial charge in [0.25, 0.3) is 11.8 Å². The number of benzene rings is 3. The summed E-state index contributed by atoms with van der Waals surface area (Å²) in [6.45, 7) is 6.19. The van der Waals surface area contributed by atoms with Crippen molar-refractivity contribution in [1.82, 2.24) is 4.98 Å². The van der Waals surface area contributed by atoms with Gasteiger partial charge in [0.05, 0.1) is 11.4 Å². The number of aromatic nitrogens is 1. The lowest BCUT2D eigenvalue weighted by molar-refractivity contribution is 0.0893. The third-order valence-corrected chi connectivity index (χ3v) is 8.83. The number of carbonyl (C=O) groups excluding carboxylic acids is 2. The summed E-state index contributed by atoms with van der Waals surface area (Å²) < 4.78 is 0. The molecule has 3 heterocycles. The average Bonchev–Trinajstić information content (AvgIpc) is 3.42. The summed E-state index contributed by atoms with van der Waals surface area (Å²) in [4.78, 5) is 36.1. The molecule has 0 saturated carbocycles. The highest BCUT2D eigenvalue weighted by molar-refractivity contribution is 7.15. The van der Waals surface area contributed by atoms with E-state index in [9.17, 15) is 9.59 Å². The van der Waals surface area contributed by atoms with Gasteiger partial charge < -0.3 is 0 Å². The predicted molar refractivity (Wildman–Crippen MR) is 165 cm³/mol. The van der Waals surface area contributed by atoms with Crippen molar-refractivity contribution >= 4 is 39.6 Å². The second kappa shape index (κ2) is 10.8. The number of nitrogens with zero attached hydrogens (tertiary/aromatic N) is 2. The Morgan fingerprint density at radius 1 is 0.775 bits per heavy atom. The molecule has 0 bridgehead atoms. The van der Waals surface area contributed by atoms with E-state index >= 15 is 0 Å². The summed E-state index contributed by atoms with van der Waals surface area (Å²) in [6.07, 6.45) is 8.02. The Kier molecular flexibility index (Phi) is 7.07. The van der Waals surface area contributed by atoms with Gasteiger partial charge in [0, 0.05) is 38.0 Å². The van der Waals surface area contributed by atoms with Crippen LogP contribution >= 0.6 is 11.3 Å². The van der Waals surface area contributed by atoms with E-state index in [1.54, 1.807) is 0 Å². The molecule has 0 atom stereocenters. The lowest BCUT2D eigenvalue weighted by atomic mass is 9.89. The smallest absolute Gasteiger partial charge is 0.265 e. The van der Waals surface area contributed by atoms with E-state index in [1.165, 1.54) is 40.3 Å². The van der Waals surface area contributed by atoms with Gasteiger partial charge in [-0.1, -0.05) is 50.5 Å². The van der Waals surface area contributed by atoms with Gasteiger partial charge in [-0.05, 0) is 97.3 Å². The number of aryl methyl sites for hydroxylation is 3. The Morgan fingerprint density at radius 2 is 1.52 bits per heavy atom. The molecule has 0 fully saturated rings. The SMILES string of the molecule is CCCCCCc1ccc(-c2ccnc(-c3ccc4c5c(cccc35)C(=O)N(c3cc(C)cc(C)c3)C4=O)c2)s1. The molecule has 5 aromatic rings. The van der Waals surface area contributed by atoms with E-state index in [0.29, 0.717) is 22.2 Å². The minimum absolute atomic E-state index is 0.294. The monoisotopic (exact) mass is 544 g/mol. The van der Waals surface area contributed by atoms with Crippen LogP contribution in [0.3, 0.4) is 0 Å². The fourth-order valence-corrected chi connectivity index (χ4v) is 6.80. The zero-order valence-electron chi connectivity index (χ0n) is 23.2. The Morgan fingerprint density at radius 3 is 2.30 bits per heavy atom. The van der Waals surface area contributed by atoms with Crippen LogP contribution in [0.25, 0.3) is 32.5 Å². The highest BCUT2D eigenvalue weighted by atomic mass is 32.1. The van der Waals surface area contributed by atoms with E-state index in [1.807, 2.05) is 79.9 Å². The molecule has 3 aromatic carbocycles. The van der Waals surface area contributed by atoms with Crippen LogP contribution in [-0.2, 0) is 6.42 Å². The number of hydrogen-bond donors (Lipinski definition) is 0. The molecule has 2 amide bonds. The molecule has 5 heteroatoms. The van der Waals surface area contributed by atoms with Crippen molar-refractivity contribution in [2.75, 3.05) is 4.90 Å². The van der Waals surface area contributed by atoms with Gasteiger partial charge in [-0.25, -0.2) is 4.90 Å². The van der Waals surface area contributed by atoms with Gasteiger partial charge in [-0.2, -0.15) is 0 Å². The van der Waals surface area contributed by atoms with E-state index in [0.717, 1.165) is 39.8 Å². The van der Waals surface area contributed by atoms with E-state index in [2.05, 4.69) is 31.2 Å². The molecular formula is C35H32N2O2S. The van der Waals surface area contributed by atoms with Crippen molar-refractivity contribution in [3.63, 3.8) is 0 Å². The van der Waals surface area contributed by atoms with E-state index < -0.39 is 0 Å². The topological polar surface area (TPSA) is 50.3 Å². The Hall–Kier alpha value is -4.09. The number of unbranched alkanes of at least 4 members (excludes halogenated alkanes) is 3. The van der Waals surface area contributed by atoms with Gasteiger partial charge in [0.2, 0.25) is 0 Å². The average molecular weight is 545 g/mol. The third-order valence-electron chi connectivity index (χ3n) is 7.63. The number of imide groups is 1. The normalized spacial score (nSPS) is 12.9. The van der Waals surface area contributed by atoms with Gasteiger partial charge >= 0.3 is 0 Å². The molecule has 0 N–H and O–H groups in total. The van der Waals surface area contributed by atoms with Crippen LogP contribution in [0.2, 0.25) is 0 Å². The fraction of sp³-hybridized carbons (Fsp3) is 0.229. The molecular weight excluding hydrogens is 512 g/mol. The molecule has 0 aliphatic carbocycles. The van der Waals surface area contributed by atoms with Gasteiger partial charge in [-0.3, -0.25) is 14.6 Å². The molecule has 4 nitrogen and oxygen atoms in total. The molecule has 0 unspecified atom stereocenters. The quantitative estimate of drug-likeness (QED) is 0.145. The number of hydrogen-bond acceptors (Lipinski definition) is 4. The molecule has 1 aliphatic rings. The minimum Gasteiger partial charge on any atom is -0.268 e. The van der Waals surface area contributed by atoms with Crippen LogP contribution in [0, 0.1) is 13.8 Å². The van der Waals surface area contributed by atoms with Crippen LogP contribution in [0.5, 0.6) is 0 Å². The summed E-state index contributed by atoms with van der Waals surface area (Å²) in [5.74, 6) is -0.589. The standard InChI is InChI=1S/C35H32N2O2S/c1-4-5-6-7-9-26-12-15-32(40-26)24-16-17-36-31(21-24)27-13-14-30-33-28(27)10-8-11-29(33)34(38)37(35(30)39)25-19-22(2)18-23(3)20-25/h8,10-21H,4-7,9H2,1-3H3. The van der Waals surface area contributed by atoms with Gasteiger partial charge in [0.15, 0.2) is 0 Å². The van der Waals surface area contributed by atoms with Crippen LogP contribution in [0.1, 0.15) is 69.3 Å². The lowest BCUT2D eigenvalue weighted by Crippen LogP contribution is -2.40. The summed E-state index contributed by atoms with van der Waals surface area (Å²) in [5, 5.41) is 1.57. The second-order valence-electron chi connectivity index (χ2n) is 10.7.